The number of aryl methyl sites for hydroxylation is 1. The molecule has 0 unspecified atom stereocenters. The average Bonchev–Trinajstić information content (AvgIpc) is 2.74. The Bertz CT molecular complexity index is 1070. The van der Waals surface area contributed by atoms with E-state index in [0.29, 0.717) is 22.2 Å². The minimum Gasteiger partial charge on any atom is -0.366 e. The summed E-state index contributed by atoms with van der Waals surface area (Å²) in [6, 6.07) is 6.05. The fourth-order valence-electron chi connectivity index (χ4n) is 4.39. The van der Waals surface area contributed by atoms with Crippen LogP contribution in [0.1, 0.15) is 66.4 Å². The highest BCUT2D eigenvalue weighted by Gasteiger charge is 2.30. The van der Waals surface area contributed by atoms with Crippen LogP contribution in [0.15, 0.2) is 23.0 Å². The van der Waals surface area contributed by atoms with Gasteiger partial charge in [0.1, 0.15) is 6.29 Å². The molecule has 0 atom stereocenters. The Morgan fingerprint density at radius 1 is 1.29 bits per heavy atom. The van der Waals surface area contributed by atoms with E-state index < -0.39 is 0 Å². The molecule has 1 aliphatic heterocycles. The normalized spacial score (nSPS) is 13.7. The lowest BCUT2D eigenvalue weighted by Crippen LogP contribution is -2.58. The van der Waals surface area contributed by atoms with Gasteiger partial charge in [0.05, 0.1) is 6.04 Å². The number of carbonyl (C=O) groups is 2. The van der Waals surface area contributed by atoms with Crippen LogP contribution in [-0.4, -0.2) is 54.8 Å². The Kier molecular flexibility index (Phi) is 9.89. The molecule has 2 heterocycles. The fourth-order valence-corrected chi connectivity index (χ4v) is 4.60. The van der Waals surface area contributed by atoms with E-state index in [0.717, 1.165) is 48.4 Å². The van der Waals surface area contributed by atoms with Gasteiger partial charge in [0.2, 0.25) is 0 Å². The molecule has 0 bridgehead atoms. The molecule has 34 heavy (non-hydrogen) atoms. The lowest BCUT2D eigenvalue weighted by molar-refractivity contribution is -0.106. The van der Waals surface area contributed by atoms with E-state index in [1.165, 1.54) is 6.92 Å². The first-order chi connectivity index (χ1) is 16.0. The van der Waals surface area contributed by atoms with E-state index in [-0.39, 0.29) is 23.9 Å². The third-order valence-electron chi connectivity index (χ3n) is 6.08. The summed E-state index contributed by atoms with van der Waals surface area (Å²) in [5, 5.41) is 3.48. The second kappa shape index (κ2) is 12.2. The standard InChI is InChI=1S/C24H33ClN4O2.C2H4O/c1-7-29(18-12-28(6)13-18)22-10-17(25)9-20(16(22)5)23(30)26-11-21-19(14(2)3)8-15(4)27-24(21)31;1-2-3/h8-10,14,18H,7,11-13H2,1-6H3,(H,26,30)(H,27,31);2H,1H3. The molecule has 1 amide bonds. The number of likely N-dealkylation sites (tertiary alicyclic amines) is 1. The Labute approximate surface area is 207 Å². The Hall–Kier alpha value is -2.64. The molecule has 2 aromatic rings. The van der Waals surface area contributed by atoms with Crippen molar-refractivity contribution in [2.24, 2.45) is 0 Å². The van der Waals surface area contributed by atoms with E-state index in [1.54, 1.807) is 6.07 Å². The lowest BCUT2D eigenvalue weighted by atomic mass is 9.97. The Morgan fingerprint density at radius 3 is 2.44 bits per heavy atom. The molecule has 0 radical (unpaired) electrons. The molecule has 1 fully saturated rings. The number of aromatic amines is 1. The van der Waals surface area contributed by atoms with Crippen LogP contribution in [0.5, 0.6) is 0 Å². The second-order valence-electron chi connectivity index (χ2n) is 9.05. The SMILES string of the molecule is CC=O.CCN(c1cc(Cl)cc(C(=O)NCc2c(C(C)C)cc(C)[nH]c2=O)c1C)C1CN(C)C1. The maximum absolute atomic E-state index is 13.1. The first kappa shape index (κ1) is 27.6. The van der Waals surface area contributed by atoms with Gasteiger partial charge in [-0.25, -0.2) is 0 Å². The molecule has 186 valence electrons. The van der Waals surface area contributed by atoms with Gasteiger partial charge in [-0.15, -0.1) is 0 Å². The number of pyridine rings is 1. The number of carbonyl (C=O) groups excluding carboxylic acids is 2. The van der Waals surface area contributed by atoms with E-state index in [4.69, 9.17) is 16.4 Å². The predicted octanol–water partition coefficient (Wildman–Crippen LogP) is 4.04. The largest absolute Gasteiger partial charge is 0.366 e. The number of benzene rings is 1. The van der Waals surface area contributed by atoms with Crippen molar-refractivity contribution in [3.63, 3.8) is 0 Å². The van der Waals surface area contributed by atoms with Crippen LogP contribution < -0.4 is 15.8 Å². The van der Waals surface area contributed by atoms with Gasteiger partial charge < -0.3 is 24.9 Å². The predicted molar refractivity (Wildman–Crippen MR) is 139 cm³/mol. The highest BCUT2D eigenvalue weighted by molar-refractivity contribution is 6.31. The summed E-state index contributed by atoms with van der Waals surface area (Å²) >= 11 is 6.42. The summed E-state index contributed by atoms with van der Waals surface area (Å²) in [4.78, 5) is 41.9. The van der Waals surface area contributed by atoms with Gasteiger partial charge in [0.25, 0.3) is 11.5 Å². The molecule has 0 aliphatic carbocycles. The van der Waals surface area contributed by atoms with Crippen molar-refractivity contribution < 1.29 is 9.59 Å². The number of hydrogen-bond acceptors (Lipinski definition) is 5. The number of nitrogens with one attached hydrogen (secondary N) is 2. The topological polar surface area (TPSA) is 85.5 Å². The summed E-state index contributed by atoms with van der Waals surface area (Å²) in [5.74, 6) is -0.0381. The minimum absolute atomic E-state index is 0.154. The summed E-state index contributed by atoms with van der Waals surface area (Å²) in [5.41, 5.74) is 4.66. The highest BCUT2D eigenvalue weighted by atomic mass is 35.5. The zero-order valence-electron chi connectivity index (χ0n) is 21.3. The van der Waals surface area contributed by atoms with Crippen LogP contribution in [0.3, 0.4) is 0 Å². The smallest absolute Gasteiger partial charge is 0.253 e. The maximum Gasteiger partial charge on any atom is 0.253 e. The van der Waals surface area contributed by atoms with Crippen LogP contribution in [0.2, 0.25) is 5.02 Å². The first-order valence-electron chi connectivity index (χ1n) is 11.7. The molecule has 8 heteroatoms. The molecule has 1 aliphatic rings. The van der Waals surface area contributed by atoms with Crippen LogP contribution in [0, 0.1) is 13.8 Å². The number of anilines is 1. The highest BCUT2D eigenvalue weighted by Crippen LogP contribution is 2.31. The second-order valence-corrected chi connectivity index (χ2v) is 9.48. The molecule has 0 saturated carbocycles. The Balaban J connectivity index is 0.00000129. The molecule has 1 aromatic carbocycles. The number of likely N-dealkylation sites (N-methyl/N-ethyl adjacent to an activating group) is 2. The molecule has 3 rings (SSSR count). The molecular formula is C26H37ClN4O3. The average molecular weight is 489 g/mol. The van der Waals surface area contributed by atoms with Crippen molar-refractivity contribution in [2.45, 2.75) is 60.0 Å². The van der Waals surface area contributed by atoms with Crippen LogP contribution >= 0.6 is 11.6 Å². The fraction of sp³-hybridized carbons (Fsp3) is 0.500. The lowest BCUT2D eigenvalue weighted by Gasteiger charge is -2.45. The van der Waals surface area contributed by atoms with Gasteiger partial charge in [0, 0.05) is 53.7 Å². The van der Waals surface area contributed by atoms with Crippen molar-refractivity contribution in [3.05, 3.63) is 61.5 Å². The van der Waals surface area contributed by atoms with Crippen molar-refractivity contribution in [3.8, 4) is 0 Å². The van der Waals surface area contributed by atoms with E-state index in [2.05, 4.69) is 34.1 Å². The van der Waals surface area contributed by atoms with Crippen molar-refractivity contribution in [2.75, 3.05) is 31.6 Å². The van der Waals surface area contributed by atoms with Crippen molar-refractivity contribution >= 4 is 29.5 Å². The Morgan fingerprint density at radius 2 is 1.91 bits per heavy atom. The molecule has 1 saturated heterocycles. The van der Waals surface area contributed by atoms with Crippen LogP contribution in [0.25, 0.3) is 0 Å². The third-order valence-corrected chi connectivity index (χ3v) is 6.30. The number of nitrogens with zero attached hydrogens (tertiary/aromatic N) is 2. The summed E-state index contributed by atoms with van der Waals surface area (Å²) in [6.07, 6.45) is 0.750. The summed E-state index contributed by atoms with van der Waals surface area (Å²) in [6.45, 7) is 14.5. The maximum atomic E-state index is 13.1. The zero-order chi connectivity index (χ0) is 25.6. The van der Waals surface area contributed by atoms with E-state index >= 15 is 0 Å². The molecule has 2 N–H and O–H groups in total. The number of H-pyrrole nitrogens is 1. The van der Waals surface area contributed by atoms with Gasteiger partial charge in [-0.05, 0) is 70.0 Å². The van der Waals surface area contributed by atoms with Gasteiger partial charge in [-0.2, -0.15) is 0 Å². The van der Waals surface area contributed by atoms with Gasteiger partial charge >= 0.3 is 0 Å². The number of aromatic nitrogens is 1. The molecular weight excluding hydrogens is 452 g/mol. The van der Waals surface area contributed by atoms with E-state index in [1.807, 2.05) is 39.8 Å². The molecule has 1 aromatic heterocycles. The zero-order valence-corrected chi connectivity index (χ0v) is 22.0. The number of halogens is 1. The monoisotopic (exact) mass is 488 g/mol. The molecule has 0 spiro atoms. The summed E-state index contributed by atoms with van der Waals surface area (Å²) < 4.78 is 0. The van der Waals surface area contributed by atoms with E-state index in [9.17, 15) is 9.59 Å². The first-order valence-corrected chi connectivity index (χ1v) is 12.1. The van der Waals surface area contributed by atoms with Gasteiger partial charge in [-0.1, -0.05) is 25.4 Å². The van der Waals surface area contributed by atoms with Gasteiger partial charge in [-0.3, -0.25) is 9.59 Å². The van der Waals surface area contributed by atoms with Crippen LogP contribution in [0.4, 0.5) is 5.69 Å². The summed E-state index contributed by atoms with van der Waals surface area (Å²) in [7, 11) is 2.10. The number of aldehydes is 1. The van der Waals surface area contributed by atoms with Crippen molar-refractivity contribution in [1.29, 1.82) is 0 Å². The van der Waals surface area contributed by atoms with Crippen molar-refractivity contribution in [1.82, 2.24) is 15.2 Å². The third kappa shape index (κ3) is 6.48. The minimum atomic E-state index is -0.224. The number of amides is 1. The molecule has 7 nitrogen and oxygen atoms in total. The quantitative estimate of drug-likeness (QED) is 0.574. The van der Waals surface area contributed by atoms with Gasteiger partial charge in [0.15, 0.2) is 0 Å². The number of rotatable bonds is 7. The van der Waals surface area contributed by atoms with Crippen LogP contribution in [-0.2, 0) is 11.3 Å². The number of hydrogen-bond donors (Lipinski definition) is 2.